The highest BCUT2D eigenvalue weighted by atomic mass is 16.2. The summed E-state index contributed by atoms with van der Waals surface area (Å²) in [6.45, 7) is 0.0166. The number of carbonyl (C=O) groups excluding carboxylic acids is 1. The molecule has 0 aliphatic carbocycles. The Kier molecular flexibility index (Phi) is 4.18. The van der Waals surface area contributed by atoms with Crippen LogP contribution in [-0.2, 0) is 11.3 Å². The molecule has 0 fully saturated rings. The second kappa shape index (κ2) is 6.05. The number of amides is 1. The summed E-state index contributed by atoms with van der Waals surface area (Å²) >= 11 is 0. The fourth-order valence-corrected chi connectivity index (χ4v) is 1.96. The zero-order valence-corrected chi connectivity index (χ0v) is 11.5. The number of benzene rings is 1. The van der Waals surface area contributed by atoms with Gasteiger partial charge in [-0.25, -0.2) is 4.68 Å². The molecule has 21 heavy (non-hydrogen) atoms. The van der Waals surface area contributed by atoms with Gasteiger partial charge in [0.15, 0.2) is 0 Å². The molecule has 1 N–H and O–H groups in total. The van der Waals surface area contributed by atoms with Crippen LogP contribution in [0.2, 0.25) is 0 Å². The number of rotatable bonds is 4. The number of nitrogens with one attached hydrogen (secondary N) is 1. The Morgan fingerprint density at radius 2 is 2.00 bits per heavy atom. The van der Waals surface area contributed by atoms with Crippen molar-refractivity contribution in [2.24, 2.45) is 0 Å². The number of aromatic nitrogens is 2. The van der Waals surface area contributed by atoms with Crippen LogP contribution in [0.3, 0.4) is 0 Å². The van der Waals surface area contributed by atoms with Crippen molar-refractivity contribution in [3.8, 4) is 6.07 Å². The predicted octanol–water partition coefficient (Wildman–Crippen LogP) is 0.0619. The van der Waals surface area contributed by atoms with E-state index in [2.05, 4.69) is 5.10 Å². The van der Waals surface area contributed by atoms with Gasteiger partial charge in [-0.1, -0.05) is 12.1 Å². The first-order valence-electron chi connectivity index (χ1n) is 6.37. The quantitative estimate of drug-likeness (QED) is 0.859. The predicted molar refractivity (Wildman–Crippen MR) is 76.7 cm³/mol. The monoisotopic (exact) mass is 286 g/mol. The third-order valence-electron chi connectivity index (χ3n) is 3.16. The van der Waals surface area contributed by atoms with Crippen molar-refractivity contribution in [3.05, 3.63) is 45.0 Å². The average molecular weight is 286 g/mol. The summed E-state index contributed by atoms with van der Waals surface area (Å²) in [5.74, 6) is -0.349. The van der Waals surface area contributed by atoms with E-state index in [1.807, 2.05) is 6.07 Å². The molecule has 0 bridgehead atoms. The van der Waals surface area contributed by atoms with E-state index in [0.29, 0.717) is 5.39 Å². The molecular formula is C14H14N4O3. The van der Waals surface area contributed by atoms with Gasteiger partial charge in [0, 0.05) is 13.6 Å². The molecule has 0 aliphatic rings. The Balaban J connectivity index is 2.34. The minimum atomic E-state index is -0.424. The van der Waals surface area contributed by atoms with Crippen LogP contribution < -0.4 is 11.1 Å². The van der Waals surface area contributed by atoms with Crippen LogP contribution in [0.15, 0.2) is 33.9 Å². The van der Waals surface area contributed by atoms with E-state index >= 15 is 0 Å². The van der Waals surface area contributed by atoms with Crippen LogP contribution >= 0.6 is 0 Å². The Labute approximate surface area is 120 Å². The Hall–Kier alpha value is -2.88. The van der Waals surface area contributed by atoms with E-state index < -0.39 is 11.1 Å². The van der Waals surface area contributed by atoms with Crippen molar-refractivity contribution in [3.63, 3.8) is 0 Å². The fourth-order valence-electron chi connectivity index (χ4n) is 1.96. The Bertz CT molecular complexity index is 828. The van der Waals surface area contributed by atoms with Crippen molar-refractivity contribution in [1.29, 1.82) is 5.26 Å². The van der Waals surface area contributed by atoms with Crippen LogP contribution in [0.25, 0.3) is 10.8 Å². The van der Waals surface area contributed by atoms with Crippen molar-refractivity contribution in [1.82, 2.24) is 14.7 Å². The molecule has 1 heterocycles. The van der Waals surface area contributed by atoms with E-state index in [4.69, 9.17) is 5.26 Å². The summed E-state index contributed by atoms with van der Waals surface area (Å²) in [5, 5.41) is 11.5. The highest BCUT2D eigenvalue weighted by molar-refractivity contribution is 5.81. The molecule has 2 rings (SSSR count). The number of hydrogen-bond acceptors (Lipinski definition) is 4. The van der Waals surface area contributed by atoms with Gasteiger partial charge in [0.25, 0.3) is 11.1 Å². The van der Waals surface area contributed by atoms with Crippen LogP contribution in [0, 0.1) is 11.3 Å². The minimum Gasteiger partial charge on any atom is -0.343 e. The molecule has 1 aromatic heterocycles. The standard InChI is InChI=1S/C14H14N4O3/c1-17(8-4-7-15)12(19)9-18-14(21)11-6-3-2-5-10(11)13(20)16-18/h2-3,5-6H,4,8-9H2,1H3,(H,16,20). The topological polar surface area (TPSA) is 99.0 Å². The second-order valence-corrected chi connectivity index (χ2v) is 4.60. The van der Waals surface area contributed by atoms with Gasteiger partial charge in [-0.15, -0.1) is 0 Å². The highest BCUT2D eigenvalue weighted by Crippen LogP contribution is 2.02. The van der Waals surface area contributed by atoms with E-state index in [0.717, 1.165) is 4.68 Å². The third-order valence-corrected chi connectivity index (χ3v) is 3.16. The lowest BCUT2D eigenvalue weighted by atomic mass is 10.2. The molecule has 7 heteroatoms. The van der Waals surface area contributed by atoms with Crippen LogP contribution in [0.4, 0.5) is 0 Å². The van der Waals surface area contributed by atoms with Crippen molar-refractivity contribution < 1.29 is 4.79 Å². The number of aromatic amines is 1. The molecule has 0 radical (unpaired) electrons. The summed E-state index contributed by atoms with van der Waals surface area (Å²) in [7, 11) is 1.55. The van der Waals surface area contributed by atoms with Crippen molar-refractivity contribution >= 4 is 16.7 Å². The maximum atomic E-state index is 12.2. The second-order valence-electron chi connectivity index (χ2n) is 4.60. The molecule has 108 valence electrons. The number of likely N-dealkylation sites (N-methyl/N-ethyl adjacent to an activating group) is 1. The summed E-state index contributed by atoms with van der Waals surface area (Å²) in [6, 6.07) is 8.38. The van der Waals surface area contributed by atoms with Crippen molar-refractivity contribution in [2.45, 2.75) is 13.0 Å². The Morgan fingerprint density at radius 3 is 2.67 bits per heavy atom. The number of hydrogen-bond donors (Lipinski definition) is 1. The maximum Gasteiger partial charge on any atom is 0.273 e. The van der Waals surface area contributed by atoms with Crippen LogP contribution in [-0.4, -0.2) is 34.2 Å². The molecule has 0 spiro atoms. The summed E-state index contributed by atoms with van der Waals surface area (Å²) in [5.41, 5.74) is -0.843. The highest BCUT2D eigenvalue weighted by Gasteiger charge is 2.13. The maximum absolute atomic E-state index is 12.2. The number of carbonyl (C=O) groups is 1. The summed E-state index contributed by atoms with van der Waals surface area (Å²) < 4.78 is 0.996. The first kappa shape index (κ1) is 14.5. The van der Waals surface area contributed by atoms with Crippen molar-refractivity contribution in [2.75, 3.05) is 13.6 Å². The molecule has 2 aromatic rings. The molecule has 7 nitrogen and oxygen atoms in total. The molecular weight excluding hydrogens is 272 g/mol. The normalized spacial score (nSPS) is 10.3. The van der Waals surface area contributed by atoms with E-state index in [1.165, 1.54) is 4.90 Å². The van der Waals surface area contributed by atoms with Gasteiger partial charge in [0.1, 0.15) is 6.54 Å². The van der Waals surface area contributed by atoms with Gasteiger partial charge in [0.05, 0.1) is 23.3 Å². The zero-order valence-electron chi connectivity index (χ0n) is 11.5. The van der Waals surface area contributed by atoms with Gasteiger partial charge >= 0.3 is 0 Å². The molecule has 0 aliphatic heterocycles. The third kappa shape index (κ3) is 3.00. The van der Waals surface area contributed by atoms with E-state index in [-0.39, 0.29) is 30.8 Å². The Morgan fingerprint density at radius 1 is 1.33 bits per heavy atom. The molecule has 1 aromatic carbocycles. The van der Waals surface area contributed by atoms with Crippen LogP contribution in [0.1, 0.15) is 6.42 Å². The average Bonchev–Trinajstić information content (AvgIpc) is 2.49. The fraction of sp³-hybridized carbons (Fsp3) is 0.286. The number of fused-ring (bicyclic) bond motifs is 1. The molecule has 0 unspecified atom stereocenters. The molecule has 1 amide bonds. The number of nitriles is 1. The molecule has 0 saturated carbocycles. The zero-order chi connectivity index (χ0) is 15.4. The smallest absolute Gasteiger partial charge is 0.273 e. The van der Waals surface area contributed by atoms with Gasteiger partial charge in [-0.05, 0) is 12.1 Å². The van der Waals surface area contributed by atoms with E-state index in [1.54, 1.807) is 31.3 Å². The lowest BCUT2D eigenvalue weighted by Gasteiger charge is -2.16. The van der Waals surface area contributed by atoms with Gasteiger partial charge in [0.2, 0.25) is 5.91 Å². The summed E-state index contributed by atoms with van der Waals surface area (Å²) in [4.78, 5) is 37.4. The largest absolute Gasteiger partial charge is 0.343 e. The lowest BCUT2D eigenvalue weighted by Crippen LogP contribution is -2.37. The number of H-pyrrole nitrogens is 1. The SMILES string of the molecule is CN(CCC#N)C(=O)Cn1[nH]c(=O)c2ccccc2c1=O. The molecule has 0 atom stereocenters. The first-order valence-corrected chi connectivity index (χ1v) is 6.37. The van der Waals surface area contributed by atoms with Gasteiger partial charge in [-0.3, -0.25) is 19.5 Å². The first-order chi connectivity index (χ1) is 10.0. The van der Waals surface area contributed by atoms with Crippen LogP contribution in [0.5, 0.6) is 0 Å². The van der Waals surface area contributed by atoms with E-state index in [9.17, 15) is 14.4 Å². The minimum absolute atomic E-state index is 0.214. The summed E-state index contributed by atoms with van der Waals surface area (Å²) in [6.07, 6.45) is 0.214. The molecule has 0 saturated heterocycles. The number of nitrogens with zero attached hydrogens (tertiary/aromatic N) is 3. The van der Waals surface area contributed by atoms with Gasteiger partial charge in [-0.2, -0.15) is 5.26 Å². The van der Waals surface area contributed by atoms with Gasteiger partial charge < -0.3 is 4.90 Å². The lowest BCUT2D eigenvalue weighted by molar-refractivity contribution is -0.130.